The smallest absolute Gasteiger partial charge is 0.251 e. The fourth-order valence-corrected chi connectivity index (χ4v) is 3.34. The minimum absolute atomic E-state index is 0.0853. The molecule has 1 aliphatic heterocycles. The number of rotatable bonds is 8. The van der Waals surface area contributed by atoms with Gasteiger partial charge in [-0.3, -0.25) is 4.79 Å². The van der Waals surface area contributed by atoms with Gasteiger partial charge in [-0.2, -0.15) is 0 Å². The van der Waals surface area contributed by atoms with Crippen LogP contribution in [0.1, 0.15) is 49.4 Å². The molecule has 1 fully saturated rings. The molecule has 1 saturated heterocycles. The van der Waals surface area contributed by atoms with Crippen molar-refractivity contribution in [2.24, 2.45) is 0 Å². The SMILES string of the molecule is CC[C@H]1CCCCN1CCCNC(=O)c1cc(OC)cc(OC)c1. The fraction of sp³-hybridized carbons (Fsp3) is 0.632. The van der Waals surface area contributed by atoms with Gasteiger partial charge < -0.3 is 19.7 Å². The molecular formula is C19H30N2O3. The van der Waals surface area contributed by atoms with Crippen molar-refractivity contribution in [1.82, 2.24) is 10.2 Å². The Morgan fingerprint density at radius 1 is 1.21 bits per heavy atom. The third-order valence-electron chi connectivity index (χ3n) is 4.74. The van der Waals surface area contributed by atoms with Crippen molar-refractivity contribution in [3.63, 3.8) is 0 Å². The van der Waals surface area contributed by atoms with Crippen LogP contribution in [0.2, 0.25) is 0 Å². The molecule has 2 rings (SSSR count). The van der Waals surface area contributed by atoms with E-state index in [0.717, 1.165) is 19.0 Å². The Hall–Kier alpha value is -1.75. The van der Waals surface area contributed by atoms with E-state index in [2.05, 4.69) is 17.1 Å². The summed E-state index contributed by atoms with van der Waals surface area (Å²) in [7, 11) is 3.17. The van der Waals surface area contributed by atoms with Crippen LogP contribution in [0, 0.1) is 0 Å². The average Bonchev–Trinajstić information content (AvgIpc) is 2.64. The summed E-state index contributed by atoms with van der Waals surface area (Å²) in [6.07, 6.45) is 6.15. The molecule has 1 heterocycles. The number of carbonyl (C=O) groups excluding carboxylic acids is 1. The maximum absolute atomic E-state index is 12.3. The molecule has 134 valence electrons. The topological polar surface area (TPSA) is 50.8 Å². The predicted molar refractivity (Wildman–Crippen MR) is 96.0 cm³/mol. The van der Waals surface area contributed by atoms with E-state index >= 15 is 0 Å². The largest absolute Gasteiger partial charge is 0.497 e. The van der Waals surface area contributed by atoms with Crippen molar-refractivity contribution in [2.45, 2.75) is 45.1 Å². The molecule has 0 spiro atoms. The zero-order valence-electron chi connectivity index (χ0n) is 15.1. The molecule has 0 radical (unpaired) electrons. The molecule has 0 aromatic heterocycles. The Morgan fingerprint density at radius 2 is 1.92 bits per heavy atom. The van der Waals surface area contributed by atoms with Gasteiger partial charge in [-0.25, -0.2) is 0 Å². The monoisotopic (exact) mass is 334 g/mol. The molecule has 1 atom stereocenters. The molecule has 0 aliphatic carbocycles. The predicted octanol–water partition coefficient (Wildman–Crippen LogP) is 3.09. The first-order valence-electron chi connectivity index (χ1n) is 8.93. The summed E-state index contributed by atoms with van der Waals surface area (Å²) in [5.41, 5.74) is 0.565. The van der Waals surface area contributed by atoms with Crippen molar-refractivity contribution in [3.8, 4) is 11.5 Å². The highest BCUT2D eigenvalue weighted by Gasteiger charge is 2.19. The number of amides is 1. The Kier molecular flexibility index (Phi) is 7.37. The molecule has 1 aromatic carbocycles. The minimum atomic E-state index is -0.0853. The molecule has 0 unspecified atom stereocenters. The molecule has 5 heteroatoms. The summed E-state index contributed by atoms with van der Waals surface area (Å²) in [5, 5.41) is 3.00. The molecule has 24 heavy (non-hydrogen) atoms. The van der Waals surface area contributed by atoms with E-state index < -0.39 is 0 Å². The molecule has 0 bridgehead atoms. The number of methoxy groups -OCH3 is 2. The maximum Gasteiger partial charge on any atom is 0.251 e. The van der Waals surface area contributed by atoms with Crippen LogP contribution < -0.4 is 14.8 Å². The summed E-state index contributed by atoms with van der Waals surface area (Å²) < 4.78 is 10.4. The van der Waals surface area contributed by atoms with Gasteiger partial charge in [0.1, 0.15) is 11.5 Å². The van der Waals surface area contributed by atoms with Gasteiger partial charge in [0.05, 0.1) is 14.2 Å². The fourth-order valence-electron chi connectivity index (χ4n) is 3.34. The number of hydrogen-bond donors (Lipinski definition) is 1. The van der Waals surface area contributed by atoms with Gasteiger partial charge in [0.2, 0.25) is 0 Å². The van der Waals surface area contributed by atoms with Crippen molar-refractivity contribution in [3.05, 3.63) is 23.8 Å². The normalized spacial score (nSPS) is 18.2. The lowest BCUT2D eigenvalue weighted by molar-refractivity contribution is 0.0946. The van der Waals surface area contributed by atoms with E-state index in [9.17, 15) is 4.79 Å². The second kappa shape index (κ2) is 9.52. The first-order chi connectivity index (χ1) is 11.7. The summed E-state index contributed by atoms with van der Waals surface area (Å²) in [4.78, 5) is 14.9. The number of benzene rings is 1. The van der Waals surface area contributed by atoms with Gasteiger partial charge in [0, 0.05) is 30.8 Å². The van der Waals surface area contributed by atoms with Crippen LogP contribution in [0.4, 0.5) is 0 Å². The standard InChI is InChI=1S/C19H30N2O3/c1-4-16-8-5-6-10-21(16)11-7-9-20-19(22)15-12-17(23-2)14-18(13-15)24-3/h12-14,16H,4-11H2,1-3H3,(H,20,22)/t16-/m0/s1. The number of piperidine rings is 1. The van der Waals surface area contributed by atoms with Crippen molar-refractivity contribution in [1.29, 1.82) is 0 Å². The van der Waals surface area contributed by atoms with Gasteiger partial charge in [0.25, 0.3) is 5.91 Å². The van der Waals surface area contributed by atoms with E-state index in [1.54, 1.807) is 32.4 Å². The van der Waals surface area contributed by atoms with Gasteiger partial charge in [0.15, 0.2) is 0 Å². The number of hydrogen-bond acceptors (Lipinski definition) is 4. The number of carbonyl (C=O) groups is 1. The van der Waals surface area contributed by atoms with Crippen LogP contribution in [0.15, 0.2) is 18.2 Å². The van der Waals surface area contributed by atoms with E-state index in [4.69, 9.17) is 9.47 Å². The molecular weight excluding hydrogens is 304 g/mol. The summed E-state index contributed by atoms with van der Waals surface area (Å²) in [6, 6.07) is 5.94. The van der Waals surface area contributed by atoms with E-state index in [1.165, 1.54) is 32.2 Å². The number of ether oxygens (including phenoxy) is 2. The molecule has 1 amide bonds. The molecule has 1 aromatic rings. The van der Waals surface area contributed by atoms with Crippen LogP contribution in [0.5, 0.6) is 11.5 Å². The van der Waals surface area contributed by atoms with Crippen LogP contribution >= 0.6 is 0 Å². The van der Waals surface area contributed by atoms with Crippen LogP contribution in [0.25, 0.3) is 0 Å². The number of likely N-dealkylation sites (tertiary alicyclic amines) is 1. The Labute approximate surface area is 145 Å². The van der Waals surface area contributed by atoms with E-state index in [1.807, 2.05) is 0 Å². The van der Waals surface area contributed by atoms with E-state index in [-0.39, 0.29) is 5.91 Å². The van der Waals surface area contributed by atoms with Crippen LogP contribution in [-0.2, 0) is 0 Å². The molecule has 5 nitrogen and oxygen atoms in total. The zero-order chi connectivity index (χ0) is 17.4. The minimum Gasteiger partial charge on any atom is -0.497 e. The number of nitrogens with one attached hydrogen (secondary N) is 1. The van der Waals surface area contributed by atoms with Gasteiger partial charge in [-0.1, -0.05) is 13.3 Å². The summed E-state index contributed by atoms with van der Waals surface area (Å²) >= 11 is 0. The van der Waals surface area contributed by atoms with Gasteiger partial charge in [-0.15, -0.1) is 0 Å². The average molecular weight is 334 g/mol. The Bertz CT molecular complexity index is 511. The second-order valence-corrected chi connectivity index (χ2v) is 6.30. The first-order valence-corrected chi connectivity index (χ1v) is 8.93. The quantitative estimate of drug-likeness (QED) is 0.742. The number of nitrogens with zero attached hydrogens (tertiary/aromatic N) is 1. The zero-order valence-corrected chi connectivity index (χ0v) is 15.1. The second-order valence-electron chi connectivity index (χ2n) is 6.30. The maximum atomic E-state index is 12.3. The van der Waals surface area contributed by atoms with Crippen molar-refractivity contribution < 1.29 is 14.3 Å². The summed E-state index contributed by atoms with van der Waals surface area (Å²) in [5.74, 6) is 1.16. The highest BCUT2D eigenvalue weighted by atomic mass is 16.5. The lowest BCUT2D eigenvalue weighted by Gasteiger charge is -2.35. The molecule has 1 aliphatic rings. The first kappa shape index (κ1) is 18.6. The van der Waals surface area contributed by atoms with Crippen LogP contribution in [-0.4, -0.2) is 50.7 Å². The molecule has 1 N–H and O–H groups in total. The van der Waals surface area contributed by atoms with Gasteiger partial charge in [-0.05, 0) is 44.4 Å². The van der Waals surface area contributed by atoms with Crippen molar-refractivity contribution in [2.75, 3.05) is 33.9 Å². The highest BCUT2D eigenvalue weighted by Crippen LogP contribution is 2.22. The van der Waals surface area contributed by atoms with E-state index in [0.29, 0.717) is 23.6 Å². The highest BCUT2D eigenvalue weighted by molar-refractivity contribution is 5.95. The molecule has 0 saturated carbocycles. The third-order valence-corrected chi connectivity index (χ3v) is 4.74. The summed E-state index contributed by atoms with van der Waals surface area (Å²) in [6.45, 7) is 5.20. The Balaban J connectivity index is 1.80. The van der Waals surface area contributed by atoms with Crippen molar-refractivity contribution >= 4 is 5.91 Å². The van der Waals surface area contributed by atoms with Crippen LogP contribution in [0.3, 0.4) is 0 Å². The lowest BCUT2D eigenvalue weighted by atomic mass is 10.00. The third kappa shape index (κ3) is 5.13. The lowest BCUT2D eigenvalue weighted by Crippen LogP contribution is -2.40. The van der Waals surface area contributed by atoms with Gasteiger partial charge >= 0.3 is 0 Å². The Morgan fingerprint density at radius 3 is 2.54 bits per heavy atom.